The Hall–Kier alpha value is -0.570. The normalized spacial score (nSPS) is 25.3. The zero-order chi connectivity index (χ0) is 8.97. The Morgan fingerprint density at radius 3 is 3.00 bits per heavy atom. The molecule has 1 aliphatic heterocycles. The van der Waals surface area contributed by atoms with Crippen molar-refractivity contribution in [3.05, 3.63) is 0 Å². The molecule has 0 bridgehead atoms. The highest BCUT2D eigenvalue weighted by molar-refractivity contribution is 5.73. The number of esters is 1. The summed E-state index contributed by atoms with van der Waals surface area (Å²) < 4.78 is 5.20. The van der Waals surface area contributed by atoms with E-state index in [1.807, 2.05) is 13.8 Å². The zero-order valence-corrected chi connectivity index (χ0v) is 7.80. The third-order valence-electron chi connectivity index (χ3n) is 2.29. The minimum atomic E-state index is -0.0330. The van der Waals surface area contributed by atoms with E-state index in [1.54, 1.807) is 0 Å². The van der Waals surface area contributed by atoms with Crippen molar-refractivity contribution in [3.8, 4) is 0 Å². The number of rotatable bonds is 3. The topological polar surface area (TPSA) is 38.3 Å². The Balaban J connectivity index is 2.27. The molecule has 0 amide bonds. The highest BCUT2D eigenvalue weighted by atomic mass is 16.5. The van der Waals surface area contributed by atoms with Crippen molar-refractivity contribution < 1.29 is 9.53 Å². The first-order valence-electron chi connectivity index (χ1n) is 4.65. The van der Waals surface area contributed by atoms with Crippen LogP contribution in [-0.2, 0) is 9.53 Å². The van der Waals surface area contributed by atoms with E-state index >= 15 is 0 Å². The smallest absolute Gasteiger partial charge is 0.310 e. The fourth-order valence-corrected chi connectivity index (χ4v) is 1.23. The number of hydrogen-bond acceptors (Lipinski definition) is 3. The molecule has 3 nitrogen and oxygen atoms in total. The Kier molecular flexibility index (Phi) is 3.53. The van der Waals surface area contributed by atoms with Gasteiger partial charge in [0, 0.05) is 6.54 Å². The largest absolute Gasteiger partial charge is 0.462 e. The summed E-state index contributed by atoms with van der Waals surface area (Å²) in [6.07, 6.45) is 1.89. The first-order valence-corrected chi connectivity index (χ1v) is 4.65. The molecule has 0 saturated carbocycles. The van der Waals surface area contributed by atoms with Crippen molar-refractivity contribution in [2.45, 2.75) is 32.8 Å². The highest BCUT2D eigenvalue weighted by Gasteiger charge is 2.24. The van der Waals surface area contributed by atoms with Crippen molar-refractivity contribution in [2.75, 3.05) is 13.1 Å². The van der Waals surface area contributed by atoms with E-state index in [4.69, 9.17) is 4.74 Å². The van der Waals surface area contributed by atoms with E-state index in [1.165, 1.54) is 0 Å². The Morgan fingerprint density at radius 1 is 1.75 bits per heavy atom. The van der Waals surface area contributed by atoms with Gasteiger partial charge < -0.3 is 10.1 Å². The van der Waals surface area contributed by atoms with Crippen LogP contribution < -0.4 is 5.32 Å². The average molecular weight is 171 g/mol. The first-order chi connectivity index (χ1) is 5.74. The Morgan fingerprint density at radius 2 is 2.50 bits per heavy atom. The molecule has 1 rings (SSSR count). The molecular weight excluding hydrogens is 154 g/mol. The van der Waals surface area contributed by atoms with E-state index in [9.17, 15) is 4.79 Å². The lowest BCUT2D eigenvalue weighted by Crippen LogP contribution is -2.23. The summed E-state index contributed by atoms with van der Waals surface area (Å²) in [5.74, 6) is 0.0633. The average Bonchev–Trinajstić information content (AvgIpc) is 2.56. The second-order valence-corrected chi connectivity index (χ2v) is 3.35. The molecule has 0 aromatic heterocycles. The number of hydrogen-bond donors (Lipinski definition) is 1. The highest BCUT2D eigenvalue weighted by Crippen LogP contribution is 2.11. The van der Waals surface area contributed by atoms with Gasteiger partial charge in [0.15, 0.2) is 0 Å². The molecule has 2 unspecified atom stereocenters. The van der Waals surface area contributed by atoms with Crippen molar-refractivity contribution >= 4 is 5.97 Å². The van der Waals surface area contributed by atoms with Crippen LogP contribution in [0.3, 0.4) is 0 Å². The minimum Gasteiger partial charge on any atom is -0.462 e. The molecular formula is C9H17NO2. The van der Waals surface area contributed by atoms with Gasteiger partial charge in [-0.15, -0.1) is 0 Å². The van der Waals surface area contributed by atoms with E-state index < -0.39 is 0 Å². The van der Waals surface area contributed by atoms with Gasteiger partial charge in [0.1, 0.15) is 0 Å². The molecule has 12 heavy (non-hydrogen) atoms. The van der Waals surface area contributed by atoms with E-state index in [-0.39, 0.29) is 18.0 Å². The van der Waals surface area contributed by atoms with Gasteiger partial charge >= 0.3 is 5.97 Å². The van der Waals surface area contributed by atoms with Crippen LogP contribution in [0.1, 0.15) is 26.7 Å². The summed E-state index contributed by atoms with van der Waals surface area (Å²) in [5.41, 5.74) is 0. The first kappa shape index (κ1) is 9.52. The molecule has 0 aliphatic carbocycles. The molecule has 0 spiro atoms. The molecule has 1 fully saturated rings. The molecule has 0 radical (unpaired) electrons. The predicted octanol–water partition coefficient (Wildman–Crippen LogP) is 0.938. The number of carbonyl (C=O) groups excluding carboxylic acids is 1. The van der Waals surface area contributed by atoms with E-state index in [2.05, 4.69) is 5.32 Å². The van der Waals surface area contributed by atoms with Crippen LogP contribution in [0, 0.1) is 5.92 Å². The Labute approximate surface area is 73.5 Å². The van der Waals surface area contributed by atoms with Crippen molar-refractivity contribution in [1.82, 2.24) is 5.32 Å². The molecule has 1 saturated heterocycles. The van der Waals surface area contributed by atoms with Crippen LogP contribution in [0.25, 0.3) is 0 Å². The predicted molar refractivity (Wildman–Crippen MR) is 46.8 cm³/mol. The lowest BCUT2D eigenvalue weighted by Gasteiger charge is -2.13. The van der Waals surface area contributed by atoms with Crippen molar-refractivity contribution in [2.24, 2.45) is 5.92 Å². The maximum atomic E-state index is 11.4. The van der Waals surface area contributed by atoms with Gasteiger partial charge in [-0.2, -0.15) is 0 Å². The Bertz CT molecular complexity index is 153. The number of carbonyl (C=O) groups is 1. The number of ether oxygens (including phenoxy) is 1. The summed E-state index contributed by atoms with van der Waals surface area (Å²) in [4.78, 5) is 11.4. The number of nitrogens with one attached hydrogen (secondary N) is 1. The molecule has 3 heteroatoms. The standard InChI is InChI=1S/C9H17NO2/c1-3-7(2)12-9(11)8-4-5-10-6-8/h7-8,10H,3-6H2,1-2H3. The SMILES string of the molecule is CCC(C)OC(=O)C1CCNC1. The summed E-state index contributed by atoms with van der Waals surface area (Å²) in [5, 5.41) is 3.14. The molecule has 1 aliphatic rings. The maximum absolute atomic E-state index is 11.4. The summed E-state index contributed by atoms with van der Waals surface area (Å²) in [7, 11) is 0. The van der Waals surface area contributed by atoms with E-state index in [0.29, 0.717) is 0 Å². The van der Waals surface area contributed by atoms with Gasteiger partial charge in [-0.1, -0.05) is 6.92 Å². The third kappa shape index (κ3) is 2.48. The summed E-state index contributed by atoms with van der Waals surface area (Å²) in [6.45, 7) is 5.68. The van der Waals surface area contributed by atoms with Gasteiger partial charge in [-0.05, 0) is 26.3 Å². The fraction of sp³-hybridized carbons (Fsp3) is 0.889. The molecule has 70 valence electrons. The molecule has 1 N–H and O–H groups in total. The summed E-state index contributed by atoms with van der Waals surface area (Å²) >= 11 is 0. The van der Waals surface area contributed by atoms with Crippen LogP contribution in [0.5, 0.6) is 0 Å². The van der Waals surface area contributed by atoms with Gasteiger partial charge in [-0.25, -0.2) is 0 Å². The second kappa shape index (κ2) is 4.45. The van der Waals surface area contributed by atoms with Crippen molar-refractivity contribution in [1.29, 1.82) is 0 Å². The van der Waals surface area contributed by atoms with E-state index in [0.717, 1.165) is 25.9 Å². The lowest BCUT2D eigenvalue weighted by atomic mass is 10.1. The van der Waals surface area contributed by atoms with Crippen molar-refractivity contribution in [3.63, 3.8) is 0 Å². The van der Waals surface area contributed by atoms with Crippen LogP contribution in [-0.4, -0.2) is 25.2 Å². The van der Waals surface area contributed by atoms with Gasteiger partial charge in [0.25, 0.3) is 0 Å². The van der Waals surface area contributed by atoms with Crippen LogP contribution >= 0.6 is 0 Å². The van der Waals surface area contributed by atoms with Gasteiger partial charge in [-0.3, -0.25) is 4.79 Å². The van der Waals surface area contributed by atoms with Crippen LogP contribution in [0.4, 0.5) is 0 Å². The van der Waals surface area contributed by atoms with Crippen LogP contribution in [0.15, 0.2) is 0 Å². The lowest BCUT2D eigenvalue weighted by molar-refractivity contribution is -0.152. The molecule has 2 atom stereocenters. The zero-order valence-electron chi connectivity index (χ0n) is 7.80. The molecule has 0 aromatic carbocycles. The van der Waals surface area contributed by atoms with Gasteiger partial charge in [0.05, 0.1) is 12.0 Å². The van der Waals surface area contributed by atoms with Crippen LogP contribution in [0.2, 0.25) is 0 Å². The second-order valence-electron chi connectivity index (χ2n) is 3.35. The maximum Gasteiger partial charge on any atom is 0.310 e. The fourth-order valence-electron chi connectivity index (χ4n) is 1.23. The quantitative estimate of drug-likeness (QED) is 0.642. The minimum absolute atomic E-state index is 0.0330. The third-order valence-corrected chi connectivity index (χ3v) is 2.29. The monoisotopic (exact) mass is 171 g/mol. The molecule has 0 aromatic rings. The van der Waals surface area contributed by atoms with Gasteiger partial charge in [0.2, 0.25) is 0 Å². The summed E-state index contributed by atoms with van der Waals surface area (Å²) in [6, 6.07) is 0. The molecule has 1 heterocycles.